The highest BCUT2D eigenvalue weighted by molar-refractivity contribution is 5.76. The number of nitrogens with zero attached hydrogens (tertiary/aromatic N) is 1. The second-order valence-corrected chi connectivity index (χ2v) is 6.89. The first-order valence-electron chi connectivity index (χ1n) is 10.2. The van der Waals surface area contributed by atoms with Crippen LogP contribution >= 0.6 is 0 Å². The summed E-state index contributed by atoms with van der Waals surface area (Å²) in [6.07, 6.45) is 15.3. The van der Waals surface area contributed by atoms with Crippen molar-refractivity contribution in [2.45, 2.75) is 97.8 Å². The quantitative estimate of drug-likeness (QED) is 0.377. The van der Waals surface area contributed by atoms with E-state index in [1.165, 1.54) is 57.8 Å². The van der Waals surface area contributed by atoms with Gasteiger partial charge in [-0.1, -0.05) is 85.0 Å². The number of rotatable bonds is 17. The molecule has 1 amide bonds. The Balaban J connectivity index is 3.59. The van der Waals surface area contributed by atoms with E-state index >= 15 is 0 Å². The molecule has 0 bridgehead atoms. The molecule has 23 heavy (non-hydrogen) atoms. The van der Waals surface area contributed by atoms with Crippen LogP contribution in [0.4, 0.5) is 0 Å². The van der Waals surface area contributed by atoms with E-state index in [-0.39, 0.29) is 11.8 Å². The average Bonchev–Trinajstić information content (AvgIpc) is 2.55. The molecule has 1 atom stereocenters. The number of hydrogen-bond donors (Lipinski definition) is 1. The molecule has 0 heterocycles. The smallest absolute Gasteiger partial charge is 0.220 e. The fourth-order valence-corrected chi connectivity index (χ4v) is 3.19. The van der Waals surface area contributed by atoms with Gasteiger partial charge in [-0.25, -0.2) is 0 Å². The number of amides is 1. The second-order valence-electron chi connectivity index (χ2n) is 6.89. The molecule has 1 unspecified atom stereocenters. The number of carbonyl (C=O) groups excluding carboxylic acids is 1. The maximum absolute atomic E-state index is 11.6. The van der Waals surface area contributed by atoms with Gasteiger partial charge >= 0.3 is 0 Å². The minimum Gasteiger partial charge on any atom is -0.369 e. The first-order valence-corrected chi connectivity index (χ1v) is 10.2. The van der Waals surface area contributed by atoms with Crippen LogP contribution in [0.5, 0.6) is 0 Å². The molecule has 0 rings (SSSR count). The number of hydrogen-bond acceptors (Lipinski definition) is 2. The summed E-state index contributed by atoms with van der Waals surface area (Å²) >= 11 is 0. The van der Waals surface area contributed by atoms with Crippen molar-refractivity contribution < 1.29 is 4.79 Å². The van der Waals surface area contributed by atoms with Crippen LogP contribution in [0.15, 0.2) is 0 Å². The van der Waals surface area contributed by atoms with Gasteiger partial charge in [-0.15, -0.1) is 0 Å². The molecule has 0 aliphatic rings. The minimum atomic E-state index is -0.104. The van der Waals surface area contributed by atoms with Gasteiger partial charge in [0.15, 0.2) is 0 Å². The lowest BCUT2D eigenvalue weighted by molar-refractivity contribution is -0.122. The van der Waals surface area contributed by atoms with Crippen LogP contribution in [0.1, 0.15) is 97.8 Å². The number of unbranched alkanes of at least 4 members (excludes halogenated alkanes) is 9. The van der Waals surface area contributed by atoms with Gasteiger partial charge in [0.05, 0.1) is 0 Å². The normalized spacial score (nSPS) is 12.7. The summed E-state index contributed by atoms with van der Waals surface area (Å²) in [6, 6.07) is 0. The van der Waals surface area contributed by atoms with Gasteiger partial charge in [-0.2, -0.15) is 0 Å². The third-order valence-corrected chi connectivity index (χ3v) is 5.00. The van der Waals surface area contributed by atoms with E-state index in [0.29, 0.717) is 0 Å². The van der Waals surface area contributed by atoms with Crippen LogP contribution in [0.3, 0.4) is 0 Å². The Labute approximate surface area is 145 Å². The Kier molecular flexibility index (Phi) is 15.9. The van der Waals surface area contributed by atoms with E-state index in [0.717, 1.165) is 38.9 Å². The van der Waals surface area contributed by atoms with E-state index in [1.54, 1.807) is 0 Å². The van der Waals surface area contributed by atoms with Crippen LogP contribution in [-0.4, -0.2) is 30.4 Å². The van der Waals surface area contributed by atoms with Crippen molar-refractivity contribution in [3.8, 4) is 0 Å². The van der Waals surface area contributed by atoms with E-state index in [9.17, 15) is 4.79 Å². The molecule has 0 aromatic rings. The predicted octanol–water partition coefficient (Wildman–Crippen LogP) is 5.13. The lowest BCUT2D eigenvalue weighted by Gasteiger charge is -2.21. The Morgan fingerprint density at radius 2 is 1.26 bits per heavy atom. The van der Waals surface area contributed by atoms with E-state index in [2.05, 4.69) is 25.7 Å². The van der Waals surface area contributed by atoms with Crippen LogP contribution in [0.2, 0.25) is 0 Å². The third kappa shape index (κ3) is 13.6. The monoisotopic (exact) mass is 326 g/mol. The summed E-state index contributed by atoms with van der Waals surface area (Å²) in [5.74, 6) is -0.0299. The highest BCUT2D eigenvalue weighted by atomic mass is 16.1. The number of carbonyl (C=O) groups is 1. The standard InChI is InChI=1S/C20H42N2O/c1-4-7-8-9-10-11-12-13-14-15-16-19(20(21)23)17-18-22(5-2)6-3/h19H,4-18H2,1-3H3,(H2,21,23). The largest absolute Gasteiger partial charge is 0.369 e. The zero-order chi connectivity index (χ0) is 17.3. The van der Waals surface area contributed by atoms with Gasteiger partial charge in [0.1, 0.15) is 0 Å². The maximum atomic E-state index is 11.6. The summed E-state index contributed by atoms with van der Waals surface area (Å²) in [5.41, 5.74) is 5.57. The molecule has 0 spiro atoms. The fraction of sp³-hybridized carbons (Fsp3) is 0.950. The third-order valence-electron chi connectivity index (χ3n) is 5.00. The first-order chi connectivity index (χ1) is 11.2. The molecular weight excluding hydrogens is 284 g/mol. The molecule has 0 fully saturated rings. The van der Waals surface area contributed by atoms with Crippen molar-refractivity contribution in [2.24, 2.45) is 11.7 Å². The SMILES string of the molecule is CCCCCCCCCCCCC(CCN(CC)CC)C(N)=O. The Morgan fingerprint density at radius 1 is 0.783 bits per heavy atom. The summed E-state index contributed by atoms with van der Waals surface area (Å²) in [6.45, 7) is 9.72. The second kappa shape index (κ2) is 16.3. The lowest BCUT2D eigenvalue weighted by Crippen LogP contribution is -2.30. The van der Waals surface area contributed by atoms with Crippen LogP contribution in [0.25, 0.3) is 0 Å². The average molecular weight is 327 g/mol. The molecule has 3 nitrogen and oxygen atoms in total. The highest BCUT2D eigenvalue weighted by Crippen LogP contribution is 2.16. The summed E-state index contributed by atoms with van der Waals surface area (Å²) in [5, 5.41) is 0. The van der Waals surface area contributed by atoms with Crippen LogP contribution < -0.4 is 5.73 Å². The van der Waals surface area contributed by atoms with Gasteiger partial charge in [0.2, 0.25) is 5.91 Å². The summed E-state index contributed by atoms with van der Waals surface area (Å²) < 4.78 is 0. The predicted molar refractivity (Wildman–Crippen MR) is 102 cm³/mol. The van der Waals surface area contributed by atoms with E-state index in [1.807, 2.05) is 0 Å². The van der Waals surface area contributed by atoms with Crippen LogP contribution in [-0.2, 0) is 4.79 Å². The maximum Gasteiger partial charge on any atom is 0.220 e. The molecule has 0 aliphatic carbocycles. The zero-order valence-corrected chi connectivity index (χ0v) is 16.1. The summed E-state index contributed by atoms with van der Waals surface area (Å²) in [7, 11) is 0. The molecule has 0 aromatic carbocycles. The fourth-order valence-electron chi connectivity index (χ4n) is 3.19. The topological polar surface area (TPSA) is 46.3 Å². The van der Waals surface area contributed by atoms with Crippen molar-refractivity contribution in [2.75, 3.05) is 19.6 Å². The van der Waals surface area contributed by atoms with Gasteiger partial charge in [0, 0.05) is 5.92 Å². The minimum absolute atomic E-state index is 0.0737. The molecule has 0 saturated heterocycles. The number of primary amides is 1. The van der Waals surface area contributed by atoms with Crippen molar-refractivity contribution in [3.05, 3.63) is 0 Å². The van der Waals surface area contributed by atoms with Crippen molar-refractivity contribution in [1.29, 1.82) is 0 Å². The summed E-state index contributed by atoms with van der Waals surface area (Å²) in [4.78, 5) is 14.0. The van der Waals surface area contributed by atoms with E-state index in [4.69, 9.17) is 5.73 Å². The van der Waals surface area contributed by atoms with Crippen molar-refractivity contribution in [3.63, 3.8) is 0 Å². The van der Waals surface area contributed by atoms with Crippen molar-refractivity contribution >= 4 is 5.91 Å². The Morgan fingerprint density at radius 3 is 1.70 bits per heavy atom. The molecule has 0 aliphatic heterocycles. The van der Waals surface area contributed by atoms with Gasteiger partial charge in [-0.3, -0.25) is 4.79 Å². The van der Waals surface area contributed by atoms with Gasteiger partial charge < -0.3 is 10.6 Å². The highest BCUT2D eigenvalue weighted by Gasteiger charge is 2.15. The van der Waals surface area contributed by atoms with E-state index < -0.39 is 0 Å². The zero-order valence-electron chi connectivity index (χ0n) is 16.1. The Hall–Kier alpha value is -0.570. The van der Waals surface area contributed by atoms with Gasteiger partial charge in [-0.05, 0) is 32.5 Å². The number of nitrogens with two attached hydrogens (primary N) is 1. The Bertz CT molecular complexity index is 264. The van der Waals surface area contributed by atoms with Crippen molar-refractivity contribution in [1.82, 2.24) is 4.90 Å². The molecule has 2 N–H and O–H groups in total. The molecular formula is C20H42N2O. The lowest BCUT2D eigenvalue weighted by atomic mass is 9.96. The molecule has 0 saturated carbocycles. The molecule has 0 aromatic heterocycles. The van der Waals surface area contributed by atoms with Gasteiger partial charge in [0.25, 0.3) is 0 Å². The molecule has 3 heteroatoms. The molecule has 138 valence electrons. The van der Waals surface area contributed by atoms with Crippen LogP contribution in [0, 0.1) is 5.92 Å². The first kappa shape index (κ1) is 22.4. The molecule has 0 radical (unpaired) electrons.